The molecule has 0 N–H and O–H groups in total. The predicted octanol–water partition coefficient (Wildman–Crippen LogP) is 2.67. The number of sulfonamides is 1. The Morgan fingerprint density at radius 3 is 2.34 bits per heavy atom. The molecule has 2 aromatic rings. The number of carbonyl (C=O) groups is 1. The summed E-state index contributed by atoms with van der Waals surface area (Å²) in [4.78, 5) is 16.8. The van der Waals surface area contributed by atoms with Crippen molar-refractivity contribution in [1.29, 1.82) is 0 Å². The van der Waals surface area contributed by atoms with Gasteiger partial charge in [0.2, 0.25) is 10.0 Å². The minimum atomic E-state index is -3.66. The molecule has 1 fully saturated rings. The Hall–Kier alpha value is -2.10. The first-order valence-electron chi connectivity index (χ1n) is 9.62. The lowest BCUT2D eigenvalue weighted by atomic mass is 10.2. The number of piperazine rings is 1. The molecule has 4 rings (SSSR count). The van der Waals surface area contributed by atoms with Gasteiger partial charge in [0, 0.05) is 48.4 Å². The van der Waals surface area contributed by atoms with Crippen LogP contribution in [0.25, 0.3) is 0 Å². The fourth-order valence-electron chi connectivity index (χ4n) is 3.60. The summed E-state index contributed by atoms with van der Waals surface area (Å²) in [5.74, 6) is 0.999. The number of thiophene rings is 1. The third kappa shape index (κ3) is 3.99. The molecular formula is C20H24N2O5S2. The normalized spacial score (nSPS) is 17.8. The van der Waals surface area contributed by atoms with Crippen LogP contribution in [0.1, 0.15) is 26.5 Å². The molecule has 1 saturated heterocycles. The maximum absolute atomic E-state index is 13.1. The van der Waals surface area contributed by atoms with Gasteiger partial charge in [-0.25, -0.2) is 8.42 Å². The quantitative estimate of drug-likeness (QED) is 0.739. The van der Waals surface area contributed by atoms with Crippen LogP contribution in [0, 0.1) is 13.8 Å². The molecule has 7 nitrogen and oxygen atoms in total. The molecule has 0 unspecified atom stereocenters. The molecule has 3 heterocycles. The minimum Gasteiger partial charge on any atom is -0.490 e. The summed E-state index contributed by atoms with van der Waals surface area (Å²) in [5.41, 5.74) is 0.715. The van der Waals surface area contributed by atoms with Crippen molar-refractivity contribution in [2.24, 2.45) is 0 Å². The van der Waals surface area contributed by atoms with E-state index in [1.54, 1.807) is 28.4 Å². The second-order valence-electron chi connectivity index (χ2n) is 7.18. The Balaban J connectivity index is 1.47. The fraction of sp³-hybridized carbons (Fsp3) is 0.450. The Kier molecular flexibility index (Phi) is 5.54. The molecule has 0 radical (unpaired) electrons. The van der Waals surface area contributed by atoms with E-state index in [0.29, 0.717) is 43.4 Å². The molecule has 29 heavy (non-hydrogen) atoms. The van der Waals surface area contributed by atoms with E-state index in [2.05, 4.69) is 0 Å². The van der Waals surface area contributed by atoms with Crippen molar-refractivity contribution in [1.82, 2.24) is 9.21 Å². The third-order valence-corrected chi connectivity index (χ3v) is 8.01. The Labute approximate surface area is 174 Å². The number of rotatable bonds is 3. The lowest BCUT2D eigenvalue weighted by Gasteiger charge is -2.34. The zero-order valence-electron chi connectivity index (χ0n) is 16.5. The van der Waals surface area contributed by atoms with Crippen LogP contribution in [-0.4, -0.2) is 62.9 Å². The van der Waals surface area contributed by atoms with Crippen LogP contribution in [0.15, 0.2) is 29.2 Å². The molecule has 2 aliphatic rings. The zero-order valence-corrected chi connectivity index (χ0v) is 18.1. The molecule has 2 aliphatic heterocycles. The highest BCUT2D eigenvalue weighted by Gasteiger charge is 2.32. The van der Waals surface area contributed by atoms with Crippen molar-refractivity contribution in [3.63, 3.8) is 0 Å². The topological polar surface area (TPSA) is 76.2 Å². The van der Waals surface area contributed by atoms with Gasteiger partial charge in [-0.3, -0.25) is 4.79 Å². The number of hydrogen-bond acceptors (Lipinski definition) is 6. The molecule has 0 bridgehead atoms. The van der Waals surface area contributed by atoms with Gasteiger partial charge in [-0.2, -0.15) is 4.31 Å². The third-order valence-electron chi connectivity index (χ3n) is 5.15. The lowest BCUT2D eigenvalue weighted by Crippen LogP contribution is -2.50. The maximum atomic E-state index is 13.1. The molecule has 1 amide bonds. The highest BCUT2D eigenvalue weighted by Crippen LogP contribution is 2.33. The van der Waals surface area contributed by atoms with Gasteiger partial charge in [-0.05, 0) is 32.0 Å². The van der Waals surface area contributed by atoms with Crippen molar-refractivity contribution in [3.05, 3.63) is 39.6 Å². The van der Waals surface area contributed by atoms with E-state index < -0.39 is 10.0 Å². The number of ether oxygens (including phenoxy) is 2. The van der Waals surface area contributed by atoms with Crippen molar-refractivity contribution < 1.29 is 22.7 Å². The number of carbonyl (C=O) groups excluding carboxylic acids is 1. The van der Waals surface area contributed by atoms with Gasteiger partial charge in [-0.1, -0.05) is 0 Å². The van der Waals surface area contributed by atoms with Crippen LogP contribution in [0.4, 0.5) is 0 Å². The van der Waals surface area contributed by atoms with E-state index in [0.717, 1.165) is 16.2 Å². The van der Waals surface area contributed by atoms with Crippen molar-refractivity contribution in [2.45, 2.75) is 25.2 Å². The second-order valence-corrected chi connectivity index (χ2v) is 10.6. The second kappa shape index (κ2) is 7.97. The molecular weight excluding hydrogens is 412 g/mol. The van der Waals surface area contributed by atoms with E-state index in [1.807, 2.05) is 19.9 Å². The summed E-state index contributed by atoms with van der Waals surface area (Å²) < 4.78 is 38.8. The monoisotopic (exact) mass is 436 g/mol. The lowest BCUT2D eigenvalue weighted by molar-refractivity contribution is 0.0697. The average Bonchev–Trinajstić information content (AvgIpc) is 2.91. The van der Waals surface area contributed by atoms with Gasteiger partial charge in [0.15, 0.2) is 11.5 Å². The number of hydrogen-bond donors (Lipinski definition) is 0. The summed E-state index contributed by atoms with van der Waals surface area (Å²) in [6.45, 7) is 6.25. The van der Waals surface area contributed by atoms with E-state index in [-0.39, 0.29) is 23.9 Å². The largest absolute Gasteiger partial charge is 0.490 e. The first-order valence-corrected chi connectivity index (χ1v) is 11.9. The predicted molar refractivity (Wildman–Crippen MR) is 111 cm³/mol. The molecule has 1 aromatic carbocycles. The molecule has 156 valence electrons. The van der Waals surface area contributed by atoms with Gasteiger partial charge >= 0.3 is 0 Å². The zero-order chi connectivity index (χ0) is 20.6. The van der Waals surface area contributed by atoms with E-state index in [9.17, 15) is 13.2 Å². The van der Waals surface area contributed by atoms with Crippen LogP contribution in [0.3, 0.4) is 0 Å². The van der Waals surface area contributed by atoms with E-state index >= 15 is 0 Å². The van der Waals surface area contributed by atoms with E-state index in [1.165, 1.54) is 10.4 Å². The van der Waals surface area contributed by atoms with Crippen molar-refractivity contribution in [3.8, 4) is 11.5 Å². The molecule has 0 spiro atoms. The molecule has 9 heteroatoms. The standard InChI is InChI=1S/C20H24N2O5S2/c1-14-12-17(15(2)28-14)20(23)21-6-8-22(9-7-21)29(24,25)16-4-5-18-19(13-16)27-11-3-10-26-18/h4-5,12-13H,3,6-11H2,1-2H3. The highest BCUT2D eigenvalue weighted by molar-refractivity contribution is 7.89. The Morgan fingerprint density at radius 2 is 1.69 bits per heavy atom. The molecule has 0 aliphatic carbocycles. The van der Waals surface area contributed by atoms with Gasteiger partial charge in [0.25, 0.3) is 5.91 Å². The highest BCUT2D eigenvalue weighted by atomic mass is 32.2. The smallest absolute Gasteiger partial charge is 0.255 e. The fourth-order valence-corrected chi connectivity index (χ4v) is 5.95. The van der Waals surface area contributed by atoms with Crippen LogP contribution in [-0.2, 0) is 10.0 Å². The maximum Gasteiger partial charge on any atom is 0.255 e. The number of aryl methyl sites for hydroxylation is 2. The van der Waals surface area contributed by atoms with Crippen LogP contribution in [0.2, 0.25) is 0 Å². The van der Waals surface area contributed by atoms with Gasteiger partial charge in [0.1, 0.15) is 0 Å². The Bertz CT molecular complexity index is 1020. The van der Waals surface area contributed by atoms with Crippen molar-refractivity contribution in [2.75, 3.05) is 39.4 Å². The van der Waals surface area contributed by atoms with Crippen LogP contribution < -0.4 is 9.47 Å². The van der Waals surface area contributed by atoms with Gasteiger partial charge in [-0.15, -0.1) is 11.3 Å². The first-order chi connectivity index (χ1) is 13.9. The number of benzene rings is 1. The summed E-state index contributed by atoms with van der Waals surface area (Å²) in [6.07, 6.45) is 0.760. The summed E-state index contributed by atoms with van der Waals surface area (Å²) >= 11 is 1.60. The average molecular weight is 437 g/mol. The van der Waals surface area contributed by atoms with E-state index in [4.69, 9.17) is 9.47 Å². The van der Waals surface area contributed by atoms with Crippen molar-refractivity contribution >= 4 is 27.3 Å². The van der Waals surface area contributed by atoms with Crippen LogP contribution in [0.5, 0.6) is 11.5 Å². The first kappa shape index (κ1) is 20.2. The van der Waals surface area contributed by atoms with Gasteiger partial charge < -0.3 is 14.4 Å². The molecule has 1 aromatic heterocycles. The molecule has 0 saturated carbocycles. The summed E-state index contributed by atoms with van der Waals surface area (Å²) in [5, 5.41) is 0. The minimum absolute atomic E-state index is 0.0283. The Morgan fingerprint density at radius 1 is 1.00 bits per heavy atom. The SMILES string of the molecule is Cc1cc(C(=O)N2CCN(S(=O)(=O)c3ccc4c(c3)OCCCO4)CC2)c(C)s1. The number of fused-ring (bicyclic) bond motifs is 1. The summed E-state index contributed by atoms with van der Waals surface area (Å²) in [7, 11) is -3.66. The number of amides is 1. The van der Waals surface area contributed by atoms with Crippen LogP contribution >= 0.6 is 11.3 Å². The summed E-state index contributed by atoms with van der Waals surface area (Å²) in [6, 6.07) is 6.64. The number of nitrogens with zero attached hydrogens (tertiary/aromatic N) is 2. The van der Waals surface area contributed by atoms with Gasteiger partial charge in [0.05, 0.1) is 23.7 Å². The molecule has 0 atom stereocenters.